The molecule has 1 aliphatic rings. The Morgan fingerprint density at radius 3 is 3.00 bits per heavy atom. The molecule has 6 heteroatoms. The average Bonchev–Trinajstić information content (AvgIpc) is 3.00. The Balaban J connectivity index is 0.00000264. The van der Waals surface area contributed by atoms with Gasteiger partial charge in [-0.05, 0) is 36.5 Å². The van der Waals surface area contributed by atoms with Crippen molar-refractivity contribution in [3.8, 4) is 0 Å². The first-order valence-electron chi connectivity index (χ1n) is 8.01. The highest BCUT2D eigenvalue weighted by atomic mass is 127. The zero-order valence-electron chi connectivity index (χ0n) is 14.0. The largest absolute Gasteiger partial charge is 0.377 e. The van der Waals surface area contributed by atoms with Crippen LogP contribution in [0, 0.1) is 0 Å². The first-order valence-corrected chi connectivity index (χ1v) is 8.01. The smallest absolute Gasteiger partial charge is 0.193 e. The summed E-state index contributed by atoms with van der Waals surface area (Å²) in [6.45, 7) is 6.96. The number of nitrogens with zero attached hydrogens (tertiary/aromatic N) is 1. The van der Waals surface area contributed by atoms with Gasteiger partial charge in [0.15, 0.2) is 5.96 Å². The number of benzene rings is 1. The molecule has 1 fully saturated rings. The maximum absolute atomic E-state index is 5.89. The van der Waals surface area contributed by atoms with Crippen molar-refractivity contribution in [1.82, 2.24) is 0 Å². The number of rotatable bonds is 7. The summed E-state index contributed by atoms with van der Waals surface area (Å²) < 4.78 is 11.0. The molecule has 2 rings (SSSR count). The maximum atomic E-state index is 5.89. The van der Waals surface area contributed by atoms with Gasteiger partial charge in [0.05, 0.1) is 25.9 Å². The molecule has 1 atom stereocenters. The molecule has 0 radical (unpaired) electrons. The van der Waals surface area contributed by atoms with Crippen LogP contribution in [0.15, 0.2) is 29.3 Å². The Bertz CT molecular complexity index is 488. The van der Waals surface area contributed by atoms with E-state index in [0.29, 0.717) is 31.6 Å². The Kier molecular flexibility index (Phi) is 9.50. The van der Waals surface area contributed by atoms with Gasteiger partial charge in [0.25, 0.3) is 0 Å². The van der Waals surface area contributed by atoms with Gasteiger partial charge in [-0.15, -0.1) is 24.0 Å². The fourth-order valence-corrected chi connectivity index (χ4v) is 2.38. The van der Waals surface area contributed by atoms with E-state index in [1.165, 1.54) is 5.56 Å². The predicted molar refractivity (Wildman–Crippen MR) is 106 cm³/mol. The summed E-state index contributed by atoms with van der Waals surface area (Å²) in [5.74, 6) is 0.910. The summed E-state index contributed by atoms with van der Waals surface area (Å²) in [6.07, 6.45) is 2.50. The molecule has 1 unspecified atom stereocenters. The topological polar surface area (TPSA) is 68.9 Å². The van der Waals surface area contributed by atoms with Gasteiger partial charge < -0.3 is 20.5 Å². The molecule has 0 saturated carbocycles. The molecule has 3 N–H and O–H groups in total. The van der Waals surface area contributed by atoms with E-state index in [-0.39, 0.29) is 30.1 Å². The van der Waals surface area contributed by atoms with E-state index in [9.17, 15) is 0 Å². The highest BCUT2D eigenvalue weighted by molar-refractivity contribution is 14.0. The minimum atomic E-state index is 0. The number of aliphatic imine (C=N–C) groups is 1. The van der Waals surface area contributed by atoms with Gasteiger partial charge in [0.1, 0.15) is 0 Å². The van der Waals surface area contributed by atoms with E-state index in [1.807, 2.05) is 12.1 Å². The second-order valence-electron chi connectivity index (χ2n) is 5.88. The summed E-state index contributed by atoms with van der Waals surface area (Å²) in [7, 11) is 0. The van der Waals surface area contributed by atoms with Crippen molar-refractivity contribution < 1.29 is 9.47 Å². The van der Waals surface area contributed by atoms with Crippen LogP contribution in [0.3, 0.4) is 0 Å². The summed E-state index contributed by atoms with van der Waals surface area (Å²) in [5, 5.41) is 3.12. The van der Waals surface area contributed by atoms with Crippen LogP contribution < -0.4 is 11.1 Å². The van der Waals surface area contributed by atoms with Gasteiger partial charge in [-0.3, -0.25) is 4.99 Å². The zero-order valence-corrected chi connectivity index (χ0v) is 16.3. The molecule has 0 aromatic heterocycles. The fourth-order valence-electron chi connectivity index (χ4n) is 2.38. The van der Waals surface area contributed by atoms with Crippen molar-refractivity contribution in [3.05, 3.63) is 29.8 Å². The number of guanidine groups is 1. The Labute approximate surface area is 156 Å². The third kappa shape index (κ3) is 7.50. The van der Waals surface area contributed by atoms with Crippen molar-refractivity contribution in [2.24, 2.45) is 10.7 Å². The van der Waals surface area contributed by atoms with Crippen LogP contribution in [-0.4, -0.2) is 38.4 Å². The van der Waals surface area contributed by atoms with Crippen molar-refractivity contribution in [3.63, 3.8) is 0 Å². The minimum Gasteiger partial charge on any atom is -0.377 e. The molecule has 130 valence electrons. The highest BCUT2D eigenvalue weighted by Gasteiger charge is 2.14. The highest BCUT2D eigenvalue weighted by Crippen LogP contribution is 2.18. The molecule has 5 nitrogen and oxygen atoms in total. The number of nitrogens with two attached hydrogens (primary N) is 1. The fraction of sp³-hybridized carbons (Fsp3) is 0.588. The van der Waals surface area contributed by atoms with Crippen LogP contribution in [0.5, 0.6) is 0 Å². The summed E-state index contributed by atoms with van der Waals surface area (Å²) >= 11 is 0. The minimum absolute atomic E-state index is 0. The molecule has 1 aromatic rings. The lowest BCUT2D eigenvalue weighted by atomic mass is 10.0. The van der Waals surface area contributed by atoms with E-state index >= 15 is 0 Å². The lowest BCUT2D eigenvalue weighted by Gasteiger charge is -2.10. The first-order chi connectivity index (χ1) is 10.6. The summed E-state index contributed by atoms with van der Waals surface area (Å²) in [5.41, 5.74) is 8.14. The average molecular weight is 433 g/mol. The monoisotopic (exact) mass is 433 g/mol. The van der Waals surface area contributed by atoms with Gasteiger partial charge in [0, 0.05) is 12.3 Å². The summed E-state index contributed by atoms with van der Waals surface area (Å²) in [6, 6.07) is 8.22. The number of anilines is 1. The van der Waals surface area contributed by atoms with Crippen LogP contribution in [0.2, 0.25) is 0 Å². The summed E-state index contributed by atoms with van der Waals surface area (Å²) in [4.78, 5) is 4.28. The molecule has 1 heterocycles. The van der Waals surface area contributed by atoms with E-state index < -0.39 is 0 Å². The van der Waals surface area contributed by atoms with Gasteiger partial charge in [-0.25, -0.2) is 0 Å². The molecule has 1 saturated heterocycles. The van der Waals surface area contributed by atoms with E-state index in [1.54, 1.807) is 0 Å². The second-order valence-corrected chi connectivity index (χ2v) is 5.88. The number of halogens is 1. The number of hydrogen-bond donors (Lipinski definition) is 2. The van der Waals surface area contributed by atoms with Gasteiger partial charge in [0.2, 0.25) is 0 Å². The molecule has 1 aliphatic heterocycles. The first kappa shape index (κ1) is 20.2. The maximum Gasteiger partial charge on any atom is 0.193 e. The Morgan fingerprint density at radius 2 is 2.30 bits per heavy atom. The Morgan fingerprint density at radius 1 is 1.48 bits per heavy atom. The van der Waals surface area contributed by atoms with Crippen LogP contribution in [0.1, 0.15) is 38.2 Å². The molecule has 1 aromatic carbocycles. The van der Waals surface area contributed by atoms with Crippen LogP contribution in [-0.2, 0) is 9.47 Å². The van der Waals surface area contributed by atoms with Crippen LogP contribution >= 0.6 is 24.0 Å². The molecule has 0 bridgehead atoms. The standard InChI is InChI=1S/C17H27N3O2.HI/c1-13(2)14-5-3-6-15(11-14)20-17(18)19-8-10-21-12-16-7-4-9-22-16;/h3,5-6,11,13,16H,4,7-10,12H2,1-2H3,(H3,18,19,20);1H. The molecular weight excluding hydrogens is 405 g/mol. The van der Waals surface area contributed by atoms with Gasteiger partial charge in [-0.1, -0.05) is 26.0 Å². The van der Waals surface area contributed by atoms with Crippen molar-refractivity contribution in [1.29, 1.82) is 0 Å². The lowest BCUT2D eigenvalue weighted by Crippen LogP contribution is -2.23. The number of nitrogens with one attached hydrogen (secondary N) is 1. The number of hydrogen-bond acceptors (Lipinski definition) is 3. The van der Waals surface area contributed by atoms with Crippen LogP contribution in [0.4, 0.5) is 5.69 Å². The van der Waals surface area contributed by atoms with Crippen LogP contribution in [0.25, 0.3) is 0 Å². The molecule has 0 aliphatic carbocycles. The molecule has 0 spiro atoms. The Hall–Kier alpha value is -0.860. The number of ether oxygens (including phenoxy) is 2. The van der Waals surface area contributed by atoms with Crippen molar-refractivity contribution >= 4 is 35.6 Å². The second kappa shape index (κ2) is 10.8. The predicted octanol–water partition coefficient (Wildman–Crippen LogP) is 3.35. The van der Waals surface area contributed by atoms with E-state index in [4.69, 9.17) is 15.2 Å². The third-order valence-corrected chi connectivity index (χ3v) is 3.67. The zero-order chi connectivity index (χ0) is 15.8. The third-order valence-electron chi connectivity index (χ3n) is 3.67. The van der Waals surface area contributed by atoms with E-state index in [2.05, 4.69) is 36.3 Å². The van der Waals surface area contributed by atoms with Gasteiger partial charge in [-0.2, -0.15) is 0 Å². The van der Waals surface area contributed by atoms with Gasteiger partial charge >= 0.3 is 0 Å². The van der Waals surface area contributed by atoms with E-state index in [0.717, 1.165) is 25.1 Å². The van der Waals surface area contributed by atoms with Crippen molar-refractivity contribution in [2.75, 3.05) is 31.7 Å². The molecule has 0 amide bonds. The van der Waals surface area contributed by atoms with Crippen molar-refractivity contribution in [2.45, 2.75) is 38.7 Å². The lowest BCUT2D eigenvalue weighted by molar-refractivity contribution is 0.0200. The quantitative estimate of drug-likeness (QED) is 0.300. The SMILES string of the molecule is CC(C)c1cccc(NC(N)=NCCOCC2CCCO2)c1.I. The molecular formula is C17H28IN3O2. The normalized spacial score (nSPS) is 18.0. The molecule has 23 heavy (non-hydrogen) atoms.